The van der Waals surface area contributed by atoms with Crippen LogP contribution in [0, 0.1) is 5.41 Å². The summed E-state index contributed by atoms with van der Waals surface area (Å²) >= 11 is 0. The number of benzene rings is 2. The lowest BCUT2D eigenvalue weighted by molar-refractivity contribution is -0.126. The summed E-state index contributed by atoms with van der Waals surface area (Å²) in [6, 6.07) is 20.5. The molecule has 0 radical (unpaired) electrons. The van der Waals surface area contributed by atoms with Crippen molar-refractivity contribution in [2.24, 2.45) is 11.1 Å². The van der Waals surface area contributed by atoms with E-state index in [1.807, 2.05) is 36.4 Å². The van der Waals surface area contributed by atoms with Crippen LogP contribution in [0.4, 0.5) is 0 Å². The molecular formula is C33H38N4O4. The van der Waals surface area contributed by atoms with Crippen molar-refractivity contribution in [2.45, 2.75) is 70.2 Å². The van der Waals surface area contributed by atoms with Gasteiger partial charge < -0.3 is 25.6 Å². The molecule has 4 N–H and O–H groups in total. The number of nitrogens with one attached hydrogen (secondary N) is 1. The average molecular weight is 555 g/mol. The molecule has 0 unspecified atom stereocenters. The zero-order valence-corrected chi connectivity index (χ0v) is 23.7. The fourth-order valence-electron chi connectivity index (χ4n) is 6.16. The molecule has 2 heterocycles. The van der Waals surface area contributed by atoms with Gasteiger partial charge in [-0.1, -0.05) is 30.3 Å². The number of nitrogens with zero attached hydrogens (tertiary/aromatic N) is 2. The maximum absolute atomic E-state index is 12.8. The summed E-state index contributed by atoms with van der Waals surface area (Å²) in [6.45, 7) is 4.11. The summed E-state index contributed by atoms with van der Waals surface area (Å²) < 4.78 is 13.6. The molecule has 41 heavy (non-hydrogen) atoms. The second-order valence-electron chi connectivity index (χ2n) is 12.4. The third-order valence-electron chi connectivity index (χ3n) is 8.21. The minimum absolute atomic E-state index is 0.0197. The maximum atomic E-state index is 12.8. The highest BCUT2D eigenvalue weighted by Crippen LogP contribution is 2.56. The van der Waals surface area contributed by atoms with E-state index in [1.165, 1.54) is 0 Å². The molecule has 0 saturated heterocycles. The largest absolute Gasteiger partial charge is 0.490 e. The molecule has 0 atom stereocenters. The number of carbonyl (C=O) groups excluding carboxylic acids is 1. The molecule has 8 nitrogen and oxygen atoms in total. The molecule has 8 heteroatoms. The highest BCUT2D eigenvalue weighted by molar-refractivity contribution is 5.81. The lowest BCUT2D eigenvalue weighted by atomic mass is 9.53. The summed E-state index contributed by atoms with van der Waals surface area (Å²) in [5.41, 5.74) is 10.4. The van der Waals surface area contributed by atoms with Crippen LogP contribution in [0.25, 0.3) is 16.6 Å². The van der Waals surface area contributed by atoms with E-state index < -0.39 is 5.60 Å². The van der Waals surface area contributed by atoms with Gasteiger partial charge in [-0.25, -0.2) is 4.52 Å². The maximum Gasteiger partial charge on any atom is 0.224 e. The highest BCUT2D eigenvalue weighted by Gasteiger charge is 2.54. The average Bonchev–Trinajstić information content (AvgIpc) is 3.31. The minimum atomic E-state index is -0.916. The summed E-state index contributed by atoms with van der Waals surface area (Å²) in [5.74, 6) is 1.54. The van der Waals surface area contributed by atoms with Crippen LogP contribution in [0.15, 0.2) is 73.1 Å². The molecule has 1 spiro atoms. The topological polar surface area (TPSA) is 111 Å². The second kappa shape index (κ2) is 10.8. The van der Waals surface area contributed by atoms with Gasteiger partial charge in [-0.3, -0.25) is 4.79 Å². The summed E-state index contributed by atoms with van der Waals surface area (Å²) in [4.78, 5) is 12.8. The van der Waals surface area contributed by atoms with Crippen molar-refractivity contribution in [3.05, 3.63) is 84.2 Å². The highest BCUT2D eigenvalue weighted by atomic mass is 16.5. The van der Waals surface area contributed by atoms with Crippen molar-refractivity contribution in [1.29, 1.82) is 0 Å². The Kier molecular flexibility index (Phi) is 7.21. The number of ether oxygens (including phenoxy) is 2. The van der Waals surface area contributed by atoms with Gasteiger partial charge >= 0.3 is 0 Å². The van der Waals surface area contributed by atoms with E-state index in [1.54, 1.807) is 30.8 Å². The first-order valence-electron chi connectivity index (χ1n) is 14.3. The van der Waals surface area contributed by atoms with Crippen molar-refractivity contribution in [3.63, 3.8) is 0 Å². The number of nitrogens with two attached hydrogens (primary N) is 1. The predicted molar refractivity (Wildman–Crippen MR) is 158 cm³/mol. The Morgan fingerprint density at radius 3 is 2.56 bits per heavy atom. The van der Waals surface area contributed by atoms with Gasteiger partial charge in [0.15, 0.2) is 0 Å². The molecule has 6 rings (SSSR count). The van der Waals surface area contributed by atoms with Crippen LogP contribution >= 0.6 is 0 Å². The Morgan fingerprint density at radius 1 is 1.07 bits per heavy atom. The van der Waals surface area contributed by atoms with Gasteiger partial charge in [-0.2, -0.15) is 5.10 Å². The van der Waals surface area contributed by atoms with Crippen LogP contribution in [-0.4, -0.2) is 45.0 Å². The number of hydrogen-bond acceptors (Lipinski definition) is 6. The Morgan fingerprint density at radius 2 is 1.83 bits per heavy atom. The van der Waals surface area contributed by atoms with E-state index in [2.05, 4.69) is 34.7 Å². The third-order valence-corrected chi connectivity index (χ3v) is 8.21. The van der Waals surface area contributed by atoms with Crippen molar-refractivity contribution in [1.82, 2.24) is 14.9 Å². The van der Waals surface area contributed by atoms with Crippen LogP contribution in [0.2, 0.25) is 0 Å². The fraction of sp³-hybridized carbons (Fsp3) is 0.394. The lowest BCUT2D eigenvalue weighted by Gasteiger charge is -2.57. The predicted octanol–water partition coefficient (Wildman–Crippen LogP) is 4.66. The van der Waals surface area contributed by atoms with E-state index in [9.17, 15) is 9.90 Å². The van der Waals surface area contributed by atoms with Gasteiger partial charge in [0.1, 0.15) is 18.1 Å². The van der Waals surface area contributed by atoms with E-state index >= 15 is 0 Å². The Hall–Kier alpha value is -3.88. The fourth-order valence-corrected chi connectivity index (χ4v) is 6.16. The van der Waals surface area contributed by atoms with Crippen molar-refractivity contribution in [3.8, 4) is 22.6 Å². The molecule has 2 aromatic carbocycles. The van der Waals surface area contributed by atoms with Gasteiger partial charge in [0.05, 0.1) is 36.0 Å². The Balaban J connectivity index is 0.944. The number of aromatic nitrogens is 2. The van der Waals surface area contributed by atoms with Gasteiger partial charge in [0, 0.05) is 18.2 Å². The molecule has 1 amide bonds. The molecule has 0 bridgehead atoms. The van der Waals surface area contributed by atoms with Crippen LogP contribution < -0.4 is 20.5 Å². The summed E-state index contributed by atoms with van der Waals surface area (Å²) in [5, 5.41) is 17.5. The third kappa shape index (κ3) is 6.24. The quantitative estimate of drug-likeness (QED) is 0.263. The van der Waals surface area contributed by atoms with Gasteiger partial charge in [0.25, 0.3) is 0 Å². The molecule has 2 fully saturated rings. The van der Waals surface area contributed by atoms with Gasteiger partial charge in [-0.15, -0.1) is 0 Å². The first-order chi connectivity index (χ1) is 19.7. The SMILES string of the molecule is CC(C)(O)COc1ccc2c(CC(=O)NC3CC4(C3)CC(Oc3ccc(-c5cccc(CN)c5)cc3)C4)cnn2c1. The molecule has 2 aromatic heterocycles. The lowest BCUT2D eigenvalue weighted by Crippen LogP contribution is -2.58. The molecule has 214 valence electrons. The molecule has 2 aliphatic carbocycles. The molecule has 0 aliphatic heterocycles. The van der Waals surface area contributed by atoms with Crippen molar-refractivity contribution < 1.29 is 19.4 Å². The molecule has 2 aliphatic rings. The Bertz CT molecular complexity index is 1530. The number of pyridine rings is 1. The van der Waals surface area contributed by atoms with Crippen LogP contribution in [-0.2, 0) is 17.8 Å². The first-order valence-corrected chi connectivity index (χ1v) is 14.3. The van der Waals surface area contributed by atoms with Gasteiger partial charge in [-0.05, 0) is 92.0 Å². The first kappa shape index (κ1) is 27.3. The van der Waals surface area contributed by atoms with E-state index in [0.717, 1.165) is 59.2 Å². The van der Waals surface area contributed by atoms with Crippen LogP contribution in [0.5, 0.6) is 11.5 Å². The zero-order chi connectivity index (χ0) is 28.6. The number of fused-ring (bicyclic) bond motifs is 1. The monoisotopic (exact) mass is 554 g/mol. The number of carbonyl (C=O) groups is 1. The number of amides is 1. The smallest absolute Gasteiger partial charge is 0.224 e. The molecule has 2 saturated carbocycles. The van der Waals surface area contributed by atoms with Crippen molar-refractivity contribution >= 4 is 11.4 Å². The van der Waals surface area contributed by atoms with E-state index in [4.69, 9.17) is 15.2 Å². The molecular weight excluding hydrogens is 516 g/mol. The van der Waals surface area contributed by atoms with E-state index in [-0.39, 0.29) is 31.1 Å². The van der Waals surface area contributed by atoms with Crippen molar-refractivity contribution in [2.75, 3.05) is 6.61 Å². The zero-order valence-electron chi connectivity index (χ0n) is 23.7. The minimum Gasteiger partial charge on any atom is -0.490 e. The van der Waals surface area contributed by atoms with Gasteiger partial charge in [0.2, 0.25) is 5.91 Å². The standard InChI is InChI=1S/C33H38N4O4/c1-32(2,39)21-40-28-10-11-30-25(19-35-37(30)20-28)13-31(38)36-26-14-33(15-26)16-29(17-33)41-27-8-6-23(7-9-27)24-5-3-4-22(12-24)18-34/h3-12,19-20,26,29,39H,13-18,21,34H2,1-2H3,(H,36,38). The Labute approximate surface area is 240 Å². The number of hydrogen-bond donors (Lipinski definition) is 3. The summed E-state index contributed by atoms with van der Waals surface area (Å²) in [6.07, 6.45) is 8.09. The number of rotatable bonds is 10. The summed E-state index contributed by atoms with van der Waals surface area (Å²) in [7, 11) is 0. The van der Waals surface area contributed by atoms with Crippen LogP contribution in [0.3, 0.4) is 0 Å². The molecule has 4 aromatic rings. The normalized spacial score (nSPS) is 21.8. The second-order valence-corrected chi connectivity index (χ2v) is 12.4. The van der Waals surface area contributed by atoms with E-state index in [0.29, 0.717) is 17.7 Å². The number of aliphatic hydroxyl groups is 1. The van der Waals surface area contributed by atoms with Crippen LogP contribution in [0.1, 0.15) is 50.7 Å².